The molecule has 1 aromatic rings. The third kappa shape index (κ3) is 2.76. The van der Waals surface area contributed by atoms with Gasteiger partial charge in [0.25, 0.3) is 0 Å². The summed E-state index contributed by atoms with van der Waals surface area (Å²) in [7, 11) is 0. The highest BCUT2D eigenvalue weighted by molar-refractivity contribution is 5.25. The Hall–Kier alpha value is -0.890. The van der Waals surface area contributed by atoms with Gasteiger partial charge < -0.3 is 5.32 Å². The fourth-order valence-corrected chi connectivity index (χ4v) is 4.60. The lowest BCUT2D eigenvalue weighted by atomic mass is 9.82. The minimum atomic E-state index is 0.498. The maximum atomic E-state index is 4.66. The van der Waals surface area contributed by atoms with Crippen LogP contribution in [0.2, 0.25) is 0 Å². The van der Waals surface area contributed by atoms with E-state index in [-0.39, 0.29) is 0 Å². The Labute approximate surface area is 123 Å². The third-order valence-electron chi connectivity index (χ3n) is 5.51. The van der Waals surface area contributed by atoms with E-state index in [0.29, 0.717) is 6.04 Å². The summed E-state index contributed by atoms with van der Waals surface area (Å²) in [5.41, 5.74) is 3.75. The quantitative estimate of drug-likeness (QED) is 0.870. The first-order valence-electron chi connectivity index (χ1n) is 8.35. The number of pyridine rings is 1. The summed E-state index contributed by atoms with van der Waals surface area (Å²) in [4.78, 5) is 4.66. The summed E-state index contributed by atoms with van der Waals surface area (Å²) >= 11 is 0. The molecule has 0 radical (unpaired) electrons. The van der Waals surface area contributed by atoms with Crippen molar-refractivity contribution in [1.82, 2.24) is 10.3 Å². The number of nitrogens with one attached hydrogen (secondary N) is 1. The summed E-state index contributed by atoms with van der Waals surface area (Å²) in [6.45, 7) is 7.49. The first kappa shape index (κ1) is 14.1. The standard InChI is InChI=1S/C18H28N2/c1-4-19-18(17-8-5-12(2)20-13(17)3)11-16-10-14-6-7-15(16)9-14/h5,8,14-16,18-19H,4,6-7,9-11H2,1-3H3. The van der Waals surface area contributed by atoms with Crippen LogP contribution in [-0.2, 0) is 0 Å². The highest BCUT2D eigenvalue weighted by atomic mass is 14.9. The van der Waals surface area contributed by atoms with Crippen molar-refractivity contribution in [3.05, 3.63) is 29.1 Å². The molecule has 2 aliphatic rings. The van der Waals surface area contributed by atoms with Gasteiger partial charge in [-0.15, -0.1) is 0 Å². The second-order valence-electron chi connectivity index (χ2n) is 6.91. The molecule has 0 spiro atoms. The predicted molar refractivity (Wildman–Crippen MR) is 83.7 cm³/mol. The molecule has 0 saturated heterocycles. The molecule has 110 valence electrons. The number of hydrogen-bond donors (Lipinski definition) is 1. The molecule has 0 amide bonds. The summed E-state index contributed by atoms with van der Waals surface area (Å²) in [6, 6.07) is 4.95. The fraction of sp³-hybridized carbons (Fsp3) is 0.722. The van der Waals surface area contributed by atoms with Gasteiger partial charge in [0, 0.05) is 17.4 Å². The Kier molecular flexibility index (Phi) is 4.11. The Morgan fingerprint density at radius 1 is 1.25 bits per heavy atom. The Morgan fingerprint density at radius 2 is 2.10 bits per heavy atom. The maximum absolute atomic E-state index is 4.66. The van der Waals surface area contributed by atoms with E-state index in [1.165, 1.54) is 43.4 Å². The molecule has 2 fully saturated rings. The van der Waals surface area contributed by atoms with Crippen molar-refractivity contribution in [2.45, 2.75) is 58.9 Å². The molecule has 2 aliphatic carbocycles. The van der Waals surface area contributed by atoms with Gasteiger partial charge in [-0.1, -0.05) is 19.4 Å². The molecule has 0 aromatic carbocycles. The lowest BCUT2D eigenvalue weighted by Crippen LogP contribution is -2.26. The average molecular weight is 272 g/mol. The van der Waals surface area contributed by atoms with Crippen LogP contribution in [0.4, 0.5) is 0 Å². The van der Waals surface area contributed by atoms with Crippen molar-refractivity contribution < 1.29 is 0 Å². The van der Waals surface area contributed by atoms with E-state index in [1.54, 1.807) is 0 Å². The van der Waals surface area contributed by atoms with E-state index in [1.807, 2.05) is 0 Å². The number of nitrogens with zero attached hydrogens (tertiary/aromatic N) is 1. The first-order chi connectivity index (χ1) is 9.67. The van der Waals surface area contributed by atoms with E-state index >= 15 is 0 Å². The lowest BCUT2D eigenvalue weighted by Gasteiger charge is -2.28. The van der Waals surface area contributed by atoms with Crippen LogP contribution < -0.4 is 5.32 Å². The van der Waals surface area contributed by atoms with Gasteiger partial charge in [-0.05, 0) is 75.5 Å². The Balaban J connectivity index is 1.75. The zero-order chi connectivity index (χ0) is 14.1. The molecule has 20 heavy (non-hydrogen) atoms. The van der Waals surface area contributed by atoms with Crippen molar-refractivity contribution in [2.24, 2.45) is 17.8 Å². The summed E-state index contributed by atoms with van der Waals surface area (Å²) < 4.78 is 0. The van der Waals surface area contributed by atoms with Gasteiger partial charge >= 0.3 is 0 Å². The summed E-state index contributed by atoms with van der Waals surface area (Å²) in [5.74, 6) is 3.00. The lowest BCUT2D eigenvalue weighted by molar-refractivity contribution is 0.280. The van der Waals surface area contributed by atoms with Crippen LogP contribution in [0.15, 0.2) is 12.1 Å². The van der Waals surface area contributed by atoms with Crippen molar-refractivity contribution >= 4 is 0 Å². The van der Waals surface area contributed by atoms with Crippen molar-refractivity contribution in [3.8, 4) is 0 Å². The SMILES string of the molecule is CCNC(CC1CC2CCC1C2)c1ccc(C)nc1C. The van der Waals surface area contributed by atoms with Crippen LogP contribution in [0.3, 0.4) is 0 Å². The van der Waals surface area contributed by atoms with Crippen molar-refractivity contribution in [1.29, 1.82) is 0 Å². The molecule has 1 aromatic heterocycles. The molecule has 2 heteroatoms. The summed E-state index contributed by atoms with van der Waals surface area (Å²) in [6.07, 6.45) is 7.28. The molecule has 4 unspecified atom stereocenters. The van der Waals surface area contributed by atoms with Crippen molar-refractivity contribution in [2.75, 3.05) is 6.54 Å². The molecule has 1 N–H and O–H groups in total. The predicted octanol–water partition coefficient (Wildman–Crippen LogP) is 4.18. The molecule has 2 bridgehead atoms. The Morgan fingerprint density at radius 3 is 2.70 bits per heavy atom. The molecule has 4 atom stereocenters. The van der Waals surface area contributed by atoms with Gasteiger partial charge in [0.15, 0.2) is 0 Å². The average Bonchev–Trinajstić information content (AvgIpc) is 3.00. The van der Waals surface area contributed by atoms with Crippen LogP contribution in [0, 0.1) is 31.6 Å². The fourth-order valence-electron chi connectivity index (χ4n) is 4.60. The van der Waals surface area contributed by atoms with E-state index in [4.69, 9.17) is 0 Å². The molecular formula is C18H28N2. The zero-order valence-electron chi connectivity index (χ0n) is 13.2. The van der Waals surface area contributed by atoms with Crippen LogP contribution in [0.5, 0.6) is 0 Å². The molecule has 1 heterocycles. The molecule has 2 nitrogen and oxygen atoms in total. The molecule has 2 saturated carbocycles. The largest absolute Gasteiger partial charge is 0.310 e. The molecular weight excluding hydrogens is 244 g/mol. The van der Waals surface area contributed by atoms with Crippen molar-refractivity contribution in [3.63, 3.8) is 0 Å². The van der Waals surface area contributed by atoms with Gasteiger partial charge in [0.05, 0.1) is 0 Å². The van der Waals surface area contributed by atoms with Crippen LogP contribution >= 0.6 is 0 Å². The van der Waals surface area contributed by atoms with Crippen LogP contribution in [0.25, 0.3) is 0 Å². The zero-order valence-corrected chi connectivity index (χ0v) is 13.2. The Bertz CT molecular complexity index is 468. The van der Waals surface area contributed by atoms with E-state index in [0.717, 1.165) is 30.0 Å². The monoisotopic (exact) mass is 272 g/mol. The number of aryl methyl sites for hydroxylation is 2. The van der Waals surface area contributed by atoms with Crippen LogP contribution in [-0.4, -0.2) is 11.5 Å². The number of fused-ring (bicyclic) bond motifs is 2. The minimum Gasteiger partial charge on any atom is -0.310 e. The highest BCUT2D eigenvalue weighted by Crippen LogP contribution is 2.51. The second kappa shape index (κ2) is 5.85. The van der Waals surface area contributed by atoms with Gasteiger partial charge in [-0.25, -0.2) is 0 Å². The number of rotatable bonds is 5. The van der Waals surface area contributed by atoms with Gasteiger partial charge in [0.1, 0.15) is 0 Å². The van der Waals surface area contributed by atoms with E-state index in [2.05, 4.69) is 43.2 Å². The second-order valence-corrected chi connectivity index (χ2v) is 6.91. The van der Waals surface area contributed by atoms with Gasteiger partial charge in [-0.2, -0.15) is 0 Å². The minimum absolute atomic E-state index is 0.498. The van der Waals surface area contributed by atoms with E-state index in [9.17, 15) is 0 Å². The maximum Gasteiger partial charge on any atom is 0.0423 e. The summed E-state index contributed by atoms with van der Waals surface area (Å²) in [5, 5.41) is 3.71. The number of hydrogen-bond acceptors (Lipinski definition) is 2. The highest BCUT2D eigenvalue weighted by Gasteiger charge is 2.40. The van der Waals surface area contributed by atoms with Crippen LogP contribution in [0.1, 0.15) is 62.0 Å². The van der Waals surface area contributed by atoms with Gasteiger partial charge in [-0.3, -0.25) is 4.98 Å². The first-order valence-corrected chi connectivity index (χ1v) is 8.35. The molecule has 0 aliphatic heterocycles. The van der Waals surface area contributed by atoms with Gasteiger partial charge in [0.2, 0.25) is 0 Å². The number of aromatic nitrogens is 1. The third-order valence-corrected chi connectivity index (χ3v) is 5.51. The molecule has 3 rings (SSSR count). The smallest absolute Gasteiger partial charge is 0.0423 e. The topological polar surface area (TPSA) is 24.9 Å². The normalized spacial score (nSPS) is 29.9. The van der Waals surface area contributed by atoms with E-state index < -0.39 is 0 Å².